The second-order valence-corrected chi connectivity index (χ2v) is 7.72. The molecular weight excluding hydrogens is 411 g/mol. The van der Waals surface area contributed by atoms with Gasteiger partial charge in [0.15, 0.2) is 6.61 Å². The number of likely N-dealkylation sites (N-methyl/N-ethyl adjacent to an activating group) is 1. The standard InChI is InChI=1S/C22H26Cl2N2O3/c1-5-25-22(28)16(4)26(12-18-19(23)7-6-8-20(18)24)21(27)13-29-17-10-14(2)9-15(3)11-17/h6-11,16H,5,12-13H2,1-4H3,(H,25,28)/t16-/m0/s1. The molecule has 2 amide bonds. The molecule has 0 aromatic heterocycles. The molecule has 5 nitrogen and oxygen atoms in total. The monoisotopic (exact) mass is 436 g/mol. The van der Waals surface area contributed by atoms with Crippen LogP contribution in [0.15, 0.2) is 36.4 Å². The number of ether oxygens (including phenoxy) is 1. The van der Waals surface area contributed by atoms with E-state index in [1.165, 1.54) is 4.90 Å². The number of nitrogens with one attached hydrogen (secondary N) is 1. The average molecular weight is 437 g/mol. The predicted molar refractivity (Wildman–Crippen MR) is 117 cm³/mol. The maximum atomic E-state index is 13.0. The quantitative estimate of drug-likeness (QED) is 0.660. The minimum atomic E-state index is -0.711. The van der Waals surface area contributed by atoms with Crippen LogP contribution in [0.25, 0.3) is 0 Å². The fraction of sp³-hybridized carbons (Fsp3) is 0.364. The van der Waals surface area contributed by atoms with Crippen molar-refractivity contribution < 1.29 is 14.3 Å². The van der Waals surface area contributed by atoms with Crippen molar-refractivity contribution in [1.82, 2.24) is 10.2 Å². The molecule has 0 bridgehead atoms. The molecular formula is C22H26Cl2N2O3. The van der Waals surface area contributed by atoms with Gasteiger partial charge in [0.2, 0.25) is 5.91 Å². The number of nitrogens with zero attached hydrogens (tertiary/aromatic N) is 1. The zero-order valence-electron chi connectivity index (χ0n) is 17.1. The highest BCUT2D eigenvalue weighted by Crippen LogP contribution is 2.26. The zero-order chi connectivity index (χ0) is 21.6. The normalized spacial score (nSPS) is 11.7. The number of carbonyl (C=O) groups excluding carboxylic acids is 2. The van der Waals surface area contributed by atoms with Gasteiger partial charge < -0.3 is 15.0 Å². The van der Waals surface area contributed by atoms with Crippen molar-refractivity contribution in [3.05, 3.63) is 63.1 Å². The van der Waals surface area contributed by atoms with Gasteiger partial charge in [-0.05, 0) is 63.1 Å². The van der Waals surface area contributed by atoms with Gasteiger partial charge in [0, 0.05) is 28.7 Å². The van der Waals surface area contributed by atoms with Gasteiger partial charge in [-0.1, -0.05) is 35.3 Å². The maximum absolute atomic E-state index is 13.0. The second-order valence-electron chi connectivity index (χ2n) is 6.90. The van der Waals surface area contributed by atoms with Gasteiger partial charge in [0.05, 0.1) is 0 Å². The third kappa shape index (κ3) is 6.38. The molecule has 0 saturated carbocycles. The molecule has 0 fully saturated rings. The number of amides is 2. The highest BCUT2D eigenvalue weighted by Gasteiger charge is 2.27. The molecule has 0 aliphatic heterocycles. The van der Waals surface area contributed by atoms with Crippen LogP contribution in [0.5, 0.6) is 5.75 Å². The van der Waals surface area contributed by atoms with Crippen molar-refractivity contribution >= 4 is 35.0 Å². The van der Waals surface area contributed by atoms with Gasteiger partial charge in [-0.2, -0.15) is 0 Å². The molecule has 2 aromatic rings. The Morgan fingerprint density at radius 1 is 1.10 bits per heavy atom. The lowest BCUT2D eigenvalue weighted by Crippen LogP contribution is -2.49. The molecule has 0 saturated heterocycles. The molecule has 2 aromatic carbocycles. The molecule has 0 heterocycles. The molecule has 0 aliphatic carbocycles. The Morgan fingerprint density at radius 3 is 2.24 bits per heavy atom. The first-order valence-electron chi connectivity index (χ1n) is 9.44. The summed E-state index contributed by atoms with van der Waals surface area (Å²) in [5.41, 5.74) is 2.68. The summed E-state index contributed by atoms with van der Waals surface area (Å²) in [5.74, 6) is 0.0200. The van der Waals surface area contributed by atoms with Crippen LogP contribution in [0.1, 0.15) is 30.5 Å². The third-order valence-electron chi connectivity index (χ3n) is 4.47. The van der Waals surface area contributed by atoms with E-state index in [-0.39, 0.29) is 25.0 Å². The van der Waals surface area contributed by atoms with Crippen LogP contribution in [0, 0.1) is 13.8 Å². The van der Waals surface area contributed by atoms with Crippen molar-refractivity contribution in [2.75, 3.05) is 13.2 Å². The smallest absolute Gasteiger partial charge is 0.261 e. The number of hydrogen-bond acceptors (Lipinski definition) is 3. The lowest BCUT2D eigenvalue weighted by molar-refractivity contribution is -0.142. The predicted octanol–water partition coefficient (Wildman–Crippen LogP) is 4.54. The largest absolute Gasteiger partial charge is 0.484 e. The molecule has 0 radical (unpaired) electrons. The maximum Gasteiger partial charge on any atom is 0.261 e. The SMILES string of the molecule is CCNC(=O)[C@H](C)N(Cc1c(Cl)cccc1Cl)C(=O)COc1cc(C)cc(C)c1. The van der Waals surface area contributed by atoms with Crippen LogP contribution in [0.2, 0.25) is 10.0 Å². The summed E-state index contributed by atoms with van der Waals surface area (Å²) >= 11 is 12.6. The van der Waals surface area contributed by atoms with Gasteiger partial charge in [0.1, 0.15) is 11.8 Å². The first-order valence-corrected chi connectivity index (χ1v) is 10.2. The van der Waals surface area contributed by atoms with E-state index >= 15 is 0 Å². The van der Waals surface area contributed by atoms with E-state index in [1.807, 2.05) is 39.0 Å². The van der Waals surface area contributed by atoms with E-state index < -0.39 is 6.04 Å². The van der Waals surface area contributed by atoms with E-state index in [2.05, 4.69) is 5.32 Å². The van der Waals surface area contributed by atoms with E-state index in [0.29, 0.717) is 27.9 Å². The van der Waals surface area contributed by atoms with Crippen LogP contribution in [0.4, 0.5) is 0 Å². The van der Waals surface area contributed by atoms with Crippen molar-refractivity contribution in [2.24, 2.45) is 0 Å². The lowest BCUT2D eigenvalue weighted by atomic mass is 10.1. The molecule has 0 unspecified atom stereocenters. The fourth-order valence-corrected chi connectivity index (χ4v) is 3.52. The summed E-state index contributed by atoms with van der Waals surface area (Å²) < 4.78 is 5.71. The Morgan fingerprint density at radius 2 is 1.69 bits per heavy atom. The van der Waals surface area contributed by atoms with Gasteiger partial charge in [0.25, 0.3) is 5.91 Å². The summed E-state index contributed by atoms with van der Waals surface area (Å²) in [6.07, 6.45) is 0. The summed E-state index contributed by atoms with van der Waals surface area (Å²) in [4.78, 5) is 26.8. The Hall–Kier alpha value is -2.24. The van der Waals surface area contributed by atoms with Gasteiger partial charge in [-0.3, -0.25) is 9.59 Å². The topological polar surface area (TPSA) is 58.6 Å². The van der Waals surface area contributed by atoms with Crippen molar-refractivity contribution in [3.63, 3.8) is 0 Å². The Kier molecular flexibility index (Phi) is 8.35. The van der Waals surface area contributed by atoms with Gasteiger partial charge in [-0.25, -0.2) is 0 Å². The number of rotatable bonds is 8. The summed E-state index contributed by atoms with van der Waals surface area (Å²) in [6.45, 7) is 7.79. The summed E-state index contributed by atoms with van der Waals surface area (Å²) in [5, 5.41) is 3.62. The Balaban J connectivity index is 2.23. The average Bonchev–Trinajstić information content (AvgIpc) is 2.65. The number of aryl methyl sites for hydroxylation is 2. The molecule has 156 valence electrons. The number of halogens is 2. The first-order chi connectivity index (χ1) is 13.7. The molecule has 1 N–H and O–H groups in total. The molecule has 1 atom stereocenters. The third-order valence-corrected chi connectivity index (χ3v) is 5.17. The first kappa shape index (κ1) is 23.0. The molecule has 7 heteroatoms. The van der Waals surface area contributed by atoms with E-state index in [0.717, 1.165) is 11.1 Å². The highest BCUT2D eigenvalue weighted by molar-refractivity contribution is 6.36. The molecule has 0 spiro atoms. The van der Waals surface area contributed by atoms with E-state index in [9.17, 15) is 9.59 Å². The number of benzene rings is 2. The van der Waals surface area contributed by atoms with Gasteiger partial charge in [-0.15, -0.1) is 0 Å². The van der Waals surface area contributed by atoms with Gasteiger partial charge >= 0.3 is 0 Å². The van der Waals surface area contributed by atoms with Crippen molar-refractivity contribution in [2.45, 2.75) is 40.3 Å². The van der Waals surface area contributed by atoms with Crippen LogP contribution in [-0.2, 0) is 16.1 Å². The zero-order valence-corrected chi connectivity index (χ0v) is 18.6. The second kappa shape index (κ2) is 10.5. The Labute approximate surface area is 181 Å². The molecule has 0 aliphatic rings. The molecule has 2 rings (SSSR count). The van der Waals surface area contributed by atoms with Crippen LogP contribution in [0.3, 0.4) is 0 Å². The van der Waals surface area contributed by atoms with E-state index in [1.54, 1.807) is 25.1 Å². The highest BCUT2D eigenvalue weighted by atomic mass is 35.5. The van der Waals surface area contributed by atoms with Crippen LogP contribution >= 0.6 is 23.2 Å². The van der Waals surface area contributed by atoms with Crippen molar-refractivity contribution in [1.29, 1.82) is 0 Å². The minimum Gasteiger partial charge on any atom is -0.484 e. The Bertz CT molecular complexity index is 846. The van der Waals surface area contributed by atoms with Crippen molar-refractivity contribution in [3.8, 4) is 5.75 Å². The van der Waals surface area contributed by atoms with Crippen LogP contribution in [-0.4, -0.2) is 35.9 Å². The summed E-state index contributed by atoms with van der Waals surface area (Å²) in [6, 6.07) is 10.2. The lowest BCUT2D eigenvalue weighted by Gasteiger charge is -2.29. The minimum absolute atomic E-state index is 0.103. The number of carbonyl (C=O) groups is 2. The molecule has 29 heavy (non-hydrogen) atoms. The fourth-order valence-electron chi connectivity index (χ4n) is 3.00. The number of hydrogen-bond donors (Lipinski definition) is 1. The van der Waals surface area contributed by atoms with Crippen LogP contribution < -0.4 is 10.1 Å². The van der Waals surface area contributed by atoms with E-state index in [4.69, 9.17) is 27.9 Å². The summed E-state index contributed by atoms with van der Waals surface area (Å²) in [7, 11) is 0.